The average Bonchev–Trinajstić information content (AvgIpc) is 2.15. The Morgan fingerprint density at radius 3 is 2.44 bits per heavy atom. The predicted octanol–water partition coefficient (Wildman–Crippen LogP) is 3.03. The fourth-order valence-corrected chi connectivity index (χ4v) is 1.52. The number of halogens is 2. The van der Waals surface area contributed by atoms with E-state index in [1.54, 1.807) is 0 Å². The summed E-state index contributed by atoms with van der Waals surface area (Å²) in [5, 5.41) is 0. The minimum atomic E-state index is 1.01. The third kappa shape index (κ3) is 1.38. The molecule has 0 saturated heterocycles. The first-order chi connectivity index (χ1) is 4.25. The Morgan fingerprint density at radius 1 is 1.56 bits per heavy atom. The van der Waals surface area contributed by atoms with Gasteiger partial charge in [0.15, 0.2) is 0 Å². The second-order valence-corrected chi connectivity index (χ2v) is 3.35. The van der Waals surface area contributed by atoms with Gasteiger partial charge in [0.25, 0.3) is 0 Å². The molecule has 1 nitrogen and oxygen atoms in total. The second-order valence-electron chi connectivity index (χ2n) is 1.74. The first-order valence-electron chi connectivity index (χ1n) is 2.76. The second kappa shape index (κ2) is 2.88. The van der Waals surface area contributed by atoms with Gasteiger partial charge in [0.1, 0.15) is 0 Å². The van der Waals surface area contributed by atoms with Crippen LogP contribution in [0.1, 0.15) is 6.92 Å². The molecule has 9 heavy (non-hydrogen) atoms. The molecule has 0 spiro atoms. The van der Waals surface area contributed by atoms with E-state index in [0.717, 1.165) is 15.6 Å². The van der Waals surface area contributed by atoms with Crippen LogP contribution >= 0.6 is 31.9 Å². The molecule has 0 aliphatic rings. The molecule has 0 fully saturated rings. The molecule has 1 aromatic heterocycles. The Bertz CT molecular complexity index is 205. The van der Waals surface area contributed by atoms with Gasteiger partial charge in [-0.15, -0.1) is 0 Å². The number of aryl methyl sites for hydroxylation is 1. The third-order valence-electron chi connectivity index (χ3n) is 1.19. The van der Waals surface area contributed by atoms with Crippen molar-refractivity contribution in [3.05, 3.63) is 21.3 Å². The lowest BCUT2D eigenvalue weighted by atomic mass is 10.7. The molecule has 0 radical (unpaired) electrons. The monoisotopic (exact) mass is 251 g/mol. The van der Waals surface area contributed by atoms with Crippen molar-refractivity contribution >= 4 is 31.9 Å². The Hall–Kier alpha value is 0.240. The quantitative estimate of drug-likeness (QED) is 0.724. The number of hydrogen-bond acceptors (Lipinski definition) is 0. The summed E-state index contributed by atoms with van der Waals surface area (Å²) in [6, 6.07) is 2.02. The zero-order chi connectivity index (χ0) is 6.85. The van der Waals surface area contributed by atoms with E-state index < -0.39 is 0 Å². The van der Waals surface area contributed by atoms with E-state index >= 15 is 0 Å². The lowest BCUT2D eigenvalue weighted by molar-refractivity contribution is 0.750. The summed E-state index contributed by atoms with van der Waals surface area (Å²) in [5.41, 5.74) is 0. The molecule has 1 heterocycles. The van der Waals surface area contributed by atoms with Gasteiger partial charge >= 0.3 is 0 Å². The van der Waals surface area contributed by atoms with Crippen LogP contribution < -0.4 is 0 Å². The fourth-order valence-electron chi connectivity index (χ4n) is 0.671. The van der Waals surface area contributed by atoms with E-state index in [2.05, 4.69) is 43.4 Å². The van der Waals surface area contributed by atoms with Gasteiger partial charge in [0, 0.05) is 17.2 Å². The minimum absolute atomic E-state index is 1.01. The molecule has 1 aromatic rings. The Kier molecular flexibility index (Phi) is 2.35. The van der Waals surface area contributed by atoms with E-state index in [1.807, 2.05) is 12.3 Å². The van der Waals surface area contributed by atoms with Crippen molar-refractivity contribution in [3.8, 4) is 0 Å². The van der Waals surface area contributed by atoms with E-state index in [-0.39, 0.29) is 0 Å². The largest absolute Gasteiger partial charge is 0.342 e. The lowest BCUT2D eigenvalue weighted by Crippen LogP contribution is -1.89. The van der Waals surface area contributed by atoms with Crippen LogP contribution in [-0.4, -0.2) is 4.57 Å². The summed E-state index contributed by atoms with van der Waals surface area (Å²) < 4.78 is 4.35. The van der Waals surface area contributed by atoms with E-state index in [9.17, 15) is 0 Å². The maximum Gasteiger partial charge on any atom is 0.0990 e. The van der Waals surface area contributed by atoms with Crippen LogP contribution in [-0.2, 0) is 6.54 Å². The molecular formula is C6H7Br2N. The first-order valence-corrected chi connectivity index (χ1v) is 4.34. The predicted molar refractivity (Wildman–Crippen MR) is 45.5 cm³/mol. The van der Waals surface area contributed by atoms with Gasteiger partial charge in [-0.25, -0.2) is 0 Å². The molecule has 0 aliphatic heterocycles. The molecule has 0 bridgehead atoms. The van der Waals surface area contributed by atoms with E-state index in [1.165, 1.54) is 0 Å². The Balaban J connectivity index is 3.04. The summed E-state index contributed by atoms with van der Waals surface area (Å²) in [6.45, 7) is 3.11. The smallest absolute Gasteiger partial charge is 0.0990 e. The molecule has 1 rings (SSSR count). The van der Waals surface area contributed by atoms with Crippen LogP contribution in [0.5, 0.6) is 0 Å². The molecule has 0 aliphatic carbocycles. The zero-order valence-electron chi connectivity index (χ0n) is 5.06. The highest BCUT2D eigenvalue weighted by Crippen LogP contribution is 2.23. The van der Waals surface area contributed by atoms with Gasteiger partial charge in [0.2, 0.25) is 0 Å². The molecule has 0 atom stereocenters. The number of rotatable bonds is 1. The molecule has 0 saturated carbocycles. The Labute approximate surface area is 71.3 Å². The van der Waals surface area contributed by atoms with Gasteiger partial charge in [-0.05, 0) is 44.8 Å². The van der Waals surface area contributed by atoms with Crippen molar-refractivity contribution in [3.63, 3.8) is 0 Å². The summed E-state index contributed by atoms with van der Waals surface area (Å²) in [5.74, 6) is 0. The lowest BCUT2D eigenvalue weighted by Gasteiger charge is -1.97. The average molecular weight is 253 g/mol. The topological polar surface area (TPSA) is 4.93 Å². The summed E-state index contributed by atoms with van der Waals surface area (Å²) in [6.07, 6.45) is 2.04. The van der Waals surface area contributed by atoms with Gasteiger partial charge in [-0.1, -0.05) is 0 Å². The molecule has 0 aromatic carbocycles. The normalized spacial score (nSPS) is 10.1. The Morgan fingerprint density at radius 2 is 2.22 bits per heavy atom. The molecule has 3 heteroatoms. The van der Waals surface area contributed by atoms with Gasteiger partial charge < -0.3 is 4.57 Å². The van der Waals surface area contributed by atoms with Crippen LogP contribution in [0.25, 0.3) is 0 Å². The van der Waals surface area contributed by atoms with Crippen LogP contribution in [0.2, 0.25) is 0 Å². The third-order valence-corrected chi connectivity index (χ3v) is 3.25. The maximum absolute atomic E-state index is 3.43. The van der Waals surface area contributed by atoms with Crippen LogP contribution in [0.3, 0.4) is 0 Å². The van der Waals surface area contributed by atoms with Gasteiger partial charge in [-0.2, -0.15) is 0 Å². The van der Waals surface area contributed by atoms with Crippen molar-refractivity contribution in [1.29, 1.82) is 0 Å². The minimum Gasteiger partial charge on any atom is -0.342 e. The summed E-state index contributed by atoms with van der Waals surface area (Å²) in [4.78, 5) is 0. The van der Waals surface area contributed by atoms with Crippen LogP contribution in [0.15, 0.2) is 21.3 Å². The highest BCUT2D eigenvalue weighted by Gasteiger charge is 1.98. The van der Waals surface area contributed by atoms with Crippen molar-refractivity contribution < 1.29 is 0 Å². The number of aromatic nitrogens is 1. The fraction of sp³-hybridized carbons (Fsp3) is 0.333. The van der Waals surface area contributed by atoms with Crippen molar-refractivity contribution in [1.82, 2.24) is 4.57 Å². The zero-order valence-corrected chi connectivity index (χ0v) is 8.24. The van der Waals surface area contributed by atoms with Crippen molar-refractivity contribution in [2.45, 2.75) is 13.5 Å². The highest BCUT2D eigenvalue weighted by atomic mass is 79.9. The summed E-state index contributed by atoms with van der Waals surface area (Å²) >= 11 is 6.82. The van der Waals surface area contributed by atoms with Crippen LogP contribution in [0.4, 0.5) is 0 Å². The van der Waals surface area contributed by atoms with E-state index in [0.29, 0.717) is 0 Å². The highest BCUT2D eigenvalue weighted by molar-refractivity contribution is 9.13. The molecular weight excluding hydrogens is 246 g/mol. The van der Waals surface area contributed by atoms with Gasteiger partial charge in [-0.3, -0.25) is 0 Å². The molecule has 0 amide bonds. The van der Waals surface area contributed by atoms with Gasteiger partial charge in [0.05, 0.1) is 4.60 Å². The molecule has 0 unspecified atom stereocenters. The van der Waals surface area contributed by atoms with E-state index in [4.69, 9.17) is 0 Å². The summed E-state index contributed by atoms with van der Waals surface area (Å²) in [7, 11) is 0. The SMILES string of the molecule is CCn1ccc(Br)c1Br. The van der Waals surface area contributed by atoms with Crippen LogP contribution in [0, 0.1) is 0 Å². The molecule has 0 N–H and O–H groups in total. The first kappa shape index (κ1) is 7.35. The molecule has 50 valence electrons. The van der Waals surface area contributed by atoms with Crippen molar-refractivity contribution in [2.75, 3.05) is 0 Å². The standard InChI is InChI=1S/C6H7Br2N/c1-2-9-4-3-5(7)6(9)8/h3-4H,2H2,1H3. The van der Waals surface area contributed by atoms with Crippen molar-refractivity contribution in [2.24, 2.45) is 0 Å². The number of hydrogen-bond donors (Lipinski definition) is 0. The number of nitrogens with zero attached hydrogens (tertiary/aromatic N) is 1. The maximum atomic E-state index is 3.43.